The Labute approximate surface area is 293 Å². The molecule has 0 aromatic heterocycles. The number of anilines is 2. The molecule has 5 rings (SSSR count). The number of hydrogen-bond donors (Lipinski definition) is 4. The molecule has 1 atom stereocenters. The van der Waals surface area contributed by atoms with E-state index >= 15 is 0 Å². The molecule has 0 bridgehead atoms. The first-order valence-corrected chi connectivity index (χ1v) is 16.6. The number of thioether (sulfide) groups is 1. The lowest BCUT2D eigenvalue weighted by molar-refractivity contribution is -0.116. The molecule has 1 unspecified atom stereocenters. The summed E-state index contributed by atoms with van der Waals surface area (Å²) in [7, 11) is 0. The molecule has 5 aromatic rings. The maximum atomic E-state index is 13.7. The molecular formula is C39H32ClN3O5S. The second-order valence-electron chi connectivity index (χ2n) is 10.9. The summed E-state index contributed by atoms with van der Waals surface area (Å²) in [4.78, 5) is 52.1. The molecule has 8 nitrogen and oxygen atoms in total. The summed E-state index contributed by atoms with van der Waals surface area (Å²) in [6.07, 6.45) is 2.10. The van der Waals surface area contributed by atoms with Crippen molar-refractivity contribution in [1.82, 2.24) is 5.32 Å². The molecule has 0 aliphatic carbocycles. The molecule has 0 spiro atoms. The van der Waals surface area contributed by atoms with Crippen LogP contribution >= 0.6 is 23.4 Å². The monoisotopic (exact) mass is 689 g/mol. The van der Waals surface area contributed by atoms with Gasteiger partial charge in [-0.15, -0.1) is 11.8 Å². The number of halogens is 1. The van der Waals surface area contributed by atoms with E-state index in [-0.39, 0.29) is 22.2 Å². The zero-order valence-corrected chi connectivity index (χ0v) is 27.9. The largest absolute Gasteiger partial charge is 0.478 e. The Balaban J connectivity index is 1.32. The van der Waals surface area contributed by atoms with Gasteiger partial charge in [-0.25, -0.2) is 4.79 Å². The lowest BCUT2D eigenvalue weighted by atomic mass is 10.0. The lowest BCUT2D eigenvalue weighted by Gasteiger charge is -2.16. The predicted molar refractivity (Wildman–Crippen MR) is 196 cm³/mol. The number of carboxylic acids is 1. The van der Waals surface area contributed by atoms with Crippen molar-refractivity contribution < 1.29 is 24.3 Å². The van der Waals surface area contributed by atoms with Crippen molar-refractivity contribution in [1.29, 1.82) is 0 Å². The molecule has 246 valence electrons. The van der Waals surface area contributed by atoms with Crippen molar-refractivity contribution >= 4 is 64.5 Å². The van der Waals surface area contributed by atoms with Crippen LogP contribution in [0.4, 0.5) is 11.4 Å². The number of nitrogens with one attached hydrogen (secondary N) is 3. The van der Waals surface area contributed by atoms with Crippen molar-refractivity contribution in [3.63, 3.8) is 0 Å². The number of rotatable bonds is 12. The highest BCUT2D eigenvalue weighted by atomic mass is 35.5. The van der Waals surface area contributed by atoms with Crippen LogP contribution in [-0.2, 0) is 9.59 Å². The van der Waals surface area contributed by atoms with Crippen LogP contribution in [0.5, 0.6) is 0 Å². The molecule has 0 saturated heterocycles. The summed E-state index contributed by atoms with van der Waals surface area (Å²) in [6.45, 7) is 1.87. The summed E-state index contributed by atoms with van der Waals surface area (Å²) in [6, 6.07) is 37.5. The molecule has 0 radical (unpaired) electrons. The fourth-order valence-electron chi connectivity index (χ4n) is 4.83. The van der Waals surface area contributed by atoms with Crippen LogP contribution in [0.1, 0.15) is 39.6 Å². The van der Waals surface area contributed by atoms with E-state index in [1.807, 2.05) is 67.6 Å². The first-order valence-electron chi connectivity index (χ1n) is 15.4. The minimum atomic E-state index is -1.19. The minimum Gasteiger partial charge on any atom is -0.478 e. The van der Waals surface area contributed by atoms with Crippen molar-refractivity contribution in [3.05, 3.63) is 155 Å². The van der Waals surface area contributed by atoms with Gasteiger partial charge in [0.25, 0.3) is 11.8 Å². The van der Waals surface area contributed by atoms with Gasteiger partial charge in [-0.05, 0) is 77.7 Å². The summed E-state index contributed by atoms with van der Waals surface area (Å²) in [5.74, 6) is -2.46. The summed E-state index contributed by atoms with van der Waals surface area (Å²) in [5.41, 5.74) is 3.92. The molecule has 49 heavy (non-hydrogen) atoms. The second kappa shape index (κ2) is 16.5. The molecule has 4 N–H and O–H groups in total. The highest BCUT2D eigenvalue weighted by molar-refractivity contribution is 8.00. The van der Waals surface area contributed by atoms with E-state index in [4.69, 9.17) is 11.6 Å². The molecule has 0 saturated carbocycles. The van der Waals surface area contributed by atoms with Gasteiger partial charge in [-0.2, -0.15) is 0 Å². The Morgan fingerprint density at radius 2 is 1.41 bits per heavy atom. The first kappa shape index (κ1) is 34.7. The zero-order valence-electron chi connectivity index (χ0n) is 26.4. The van der Waals surface area contributed by atoms with Gasteiger partial charge in [0.1, 0.15) is 5.70 Å². The van der Waals surface area contributed by atoms with Crippen molar-refractivity contribution in [2.75, 3.05) is 10.6 Å². The van der Waals surface area contributed by atoms with Crippen LogP contribution in [0.3, 0.4) is 0 Å². The van der Waals surface area contributed by atoms with Crippen molar-refractivity contribution in [3.8, 4) is 11.1 Å². The van der Waals surface area contributed by atoms with Crippen molar-refractivity contribution in [2.45, 2.75) is 23.5 Å². The highest BCUT2D eigenvalue weighted by Gasteiger charge is 2.20. The normalized spacial score (nSPS) is 11.7. The Kier molecular flexibility index (Phi) is 11.6. The van der Waals surface area contributed by atoms with Gasteiger partial charge in [-0.3, -0.25) is 14.4 Å². The number of aromatic carboxylic acids is 1. The van der Waals surface area contributed by atoms with Crippen LogP contribution in [0.2, 0.25) is 5.02 Å². The molecule has 0 heterocycles. The highest BCUT2D eigenvalue weighted by Crippen LogP contribution is 2.30. The molecule has 5 aromatic carbocycles. The molecular weight excluding hydrogens is 658 g/mol. The maximum Gasteiger partial charge on any atom is 0.337 e. The van der Waals surface area contributed by atoms with E-state index in [9.17, 15) is 24.3 Å². The molecule has 10 heteroatoms. The van der Waals surface area contributed by atoms with E-state index in [1.54, 1.807) is 60.7 Å². The van der Waals surface area contributed by atoms with Gasteiger partial charge >= 0.3 is 5.97 Å². The molecule has 0 aliphatic rings. The Morgan fingerprint density at radius 1 is 0.755 bits per heavy atom. The third-order valence-corrected chi connectivity index (χ3v) is 9.04. The Bertz CT molecular complexity index is 2000. The number of hydrogen-bond acceptors (Lipinski definition) is 5. The summed E-state index contributed by atoms with van der Waals surface area (Å²) >= 11 is 7.26. The smallest absolute Gasteiger partial charge is 0.337 e. The van der Waals surface area contributed by atoms with Gasteiger partial charge in [-0.1, -0.05) is 97.4 Å². The van der Waals surface area contributed by atoms with E-state index in [2.05, 4.69) is 16.0 Å². The third-order valence-electron chi connectivity index (χ3n) is 7.36. The molecule has 3 amide bonds. The Hall–Kier alpha value is -5.64. The maximum absolute atomic E-state index is 13.7. The fraction of sp³-hybridized carbons (Fsp3) is 0.0769. The summed E-state index contributed by atoms with van der Waals surface area (Å²) < 4.78 is 0. The second-order valence-corrected chi connectivity index (χ2v) is 12.5. The van der Waals surface area contributed by atoms with Gasteiger partial charge < -0.3 is 21.1 Å². The van der Waals surface area contributed by atoms with Gasteiger partial charge in [0.05, 0.1) is 15.8 Å². The molecule has 0 aliphatic heterocycles. The topological polar surface area (TPSA) is 125 Å². The van der Waals surface area contributed by atoms with Crippen LogP contribution in [0.15, 0.2) is 138 Å². The average Bonchev–Trinajstić information content (AvgIpc) is 3.12. The van der Waals surface area contributed by atoms with Crippen LogP contribution < -0.4 is 16.0 Å². The predicted octanol–water partition coefficient (Wildman–Crippen LogP) is 8.62. The third kappa shape index (κ3) is 9.47. The number of carbonyl (C=O) groups is 4. The van der Waals surface area contributed by atoms with Gasteiger partial charge in [0.2, 0.25) is 5.91 Å². The van der Waals surface area contributed by atoms with Crippen molar-refractivity contribution in [2.24, 2.45) is 0 Å². The number of carboxylic acid groups (broad SMARTS) is 1. The van der Waals surface area contributed by atoms with Crippen LogP contribution in [0, 0.1) is 0 Å². The SMILES string of the molecule is CCC(Sc1cccc(NC(=O)/C(=C\c2ccc(-c3ccccc3)cc2)NC(=O)c2ccccc2)c1)C(=O)Nc1ccc(Cl)c(C(=O)O)c1. The lowest BCUT2D eigenvalue weighted by Crippen LogP contribution is -2.30. The van der Waals surface area contributed by atoms with Gasteiger partial charge in [0, 0.05) is 21.8 Å². The van der Waals surface area contributed by atoms with E-state index < -0.39 is 23.0 Å². The van der Waals surface area contributed by atoms with Crippen LogP contribution in [-0.4, -0.2) is 34.0 Å². The standard InChI is InChI=1S/C39H32ClN3O5S/c1-2-35(38(46)42-30-20-21-33(40)32(24-30)39(47)48)49-31-15-9-14-29(23-31)41-37(45)34(43-36(44)28-12-7-4-8-13-28)22-25-16-18-27(19-17-25)26-10-5-3-6-11-26/h3-24,35H,2H2,1H3,(H,41,45)(H,42,46)(H,43,44)(H,47,48)/b34-22+. The average molecular weight is 690 g/mol. The van der Waals surface area contributed by atoms with Crippen LogP contribution in [0.25, 0.3) is 17.2 Å². The fourth-order valence-corrected chi connectivity index (χ4v) is 6.04. The quantitative estimate of drug-likeness (QED) is 0.0768. The number of benzene rings is 5. The minimum absolute atomic E-state index is 0.0499. The molecule has 0 fully saturated rings. The zero-order chi connectivity index (χ0) is 34.8. The van der Waals surface area contributed by atoms with E-state index in [0.29, 0.717) is 23.4 Å². The van der Waals surface area contributed by atoms with E-state index in [1.165, 1.54) is 23.9 Å². The van der Waals surface area contributed by atoms with Gasteiger partial charge in [0.15, 0.2) is 0 Å². The summed E-state index contributed by atoms with van der Waals surface area (Å²) in [5, 5.41) is 17.3. The number of amides is 3. The first-order chi connectivity index (χ1) is 23.7. The van der Waals surface area contributed by atoms with E-state index in [0.717, 1.165) is 21.6 Å². The Morgan fingerprint density at radius 3 is 2.08 bits per heavy atom. The number of carbonyl (C=O) groups excluding carboxylic acids is 3.